The van der Waals surface area contributed by atoms with Crippen LogP contribution in [0, 0.1) is 0 Å². The molecular formula is C15H23ClN2. The van der Waals surface area contributed by atoms with Crippen molar-refractivity contribution in [1.29, 1.82) is 0 Å². The summed E-state index contributed by atoms with van der Waals surface area (Å²) < 4.78 is 0. The zero-order valence-electron chi connectivity index (χ0n) is 11.3. The molecule has 18 heavy (non-hydrogen) atoms. The van der Waals surface area contributed by atoms with E-state index in [1.54, 1.807) is 0 Å². The molecule has 1 aromatic carbocycles. The van der Waals surface area contributed by atoms with E-state index >= 15 is 0 Å². The first kappa shape index (κ1) is 13.9. The van der Waals surface area contributed by atoms with Crippen LogP contribution in [0.15, 0.2) is 24.3 Å². The first-order valence-electron chi connectivity index (χ1n) is 6.89. The van der Waals surface area contributed by atoms with Gasteiger partial charge in [0.2, 0.25) is 0 Å². The quantitative estimate of drug-likeness (QED) is 0.898. The number of halogens is 1. The van der Waals surface area contributed by atoms with Crippen LogP contribution < -0.4 is 5.32 Å². The van der Waals surface area contributed by atoms with Crippen LogP contribution in [-0.4, -0.2) is 31.1 Å². The van der Waals surface area contributed by atoms with E-state index in [-0.39, 0.29) is 0 Å². The van der Waals surface area contributed by atoms with Crippen LogP contribution in [0.25, 0.3) is 0 Å². The van der Waals surface area contributed by atoms with Crippen molar-refractivity contribution in [2.75, 3.05) is 20.1 Å². The number of piperidine rings is 1. The average Bonchev–Trinajstić information content (AvgIpc) is 2.37. The van der Waals surface area contributed by atoms with Crippen molar-refractivity contribution < 1.29 is 0 Å². The molecule has 2 nitrogen and oxygen atoms in total. The van der Waals surface area contributed by atoms with Crippen LogP contribution in [0.1, 0.15) is 37.8 Å². The molecule has 2 rings (SSSR count). The van der Waals surface area contributed by atoms with Gasteiger partial charge >= 0.3 is 0 Å². The molecule has 2 unspecified atom stereocenters. The molecule has 2 atom stereocenters. The molecular weight excluding hydrogens is 244 g/mol. The number of hydrogen-bond acceptors (Lipinski definition) is 2. The summed E-state index contributed by atoms with van der Waals surface area (Å²) in [6, 6.07) is 9.29. The van der Waals surface area contributed by atoms with E-state index in [0.29, 0.717) is 12.1 Å². The highest BCUT2D eigenvalue weighted by molar-refractivity contribution is 6.30. The molecule has 0 aliphatic carbocycles. The smallest absolute Gasteiger partial charge is 0.0406 e. The number of rotatable bonds is 4. The molecule has 0 bridgehead atoms. The zero-order chi connectivity index (χ0) is 13.0. The van der Waals surface area contributed by atoms with Crippen LogP contribution in [0.3, 0.4) is 0 Å². The molecule has 1 aliphatic rings. The summed E-state index contributed by atoms with van der Waals surface area (Å²) in [5, 5.41) is 4.60. The molecule has 1 heterocycles. The number of benzene rings is 1. The summed E-state index contributed by atoms with van der Waals surface area (Å²) in [5.41, 5.74) is 1.34. The van der Waals surface area contributed by atoms with E-state index < -0.39 is 0 Å². The second kappa shape index (κ2) is 6.55. The van der Waals surface area contributed by atoms with Gasteiger partial charge in [-0.2, -0.15) is 0 Å². The van der Waals surface area contributed by atoms with E-state index in [9.17, 15) is 0 Å². The Balaban J connectivity index is 1.98. The third-order valence-corrected chi connectivity index (χ3v) is 3.99. The van der Waals surface area contributed by atoms with Crippen LogP contribution in [0.2, 0.25) is 5.02 Å². The van der Waals surface area contributed by atoms with Crippen LogP contribution in [0.4, 0.5) is 0 Å². The lowest BCUT2D eigenvalue weighted by molar-refractivity contribution is 0.215. The van der Waals surface area contributed by atoms with Gasteiger partial charge in [0.1, 0.15) is 0 Å². The molecule has 1 N–H and O–H groups in total. The van der Waals surface area contributed by atoms with Crippen molar-refractivity contribution in [3.05, 3.63) is 34.9 Å². The van der Waals surface area contributed by atoms with Gasteiger partial charge in [-0.15, -0.1) is 0 Å². The van der Waals surface area contributed by atoms with Crippen molar-refractivity contribution in [3.8, 4) is 0 Å². The van der Waals surface area contributed by atoms with E-state index in [0.717, 1.165) is 18.0 Å². The minimum absolute atomic E-state index is 0.443. The van der Waals surface area contributed by atoms with Gasteiger partial charge in [0, 0.05) is 23.7 Å². The molecule has 100 valence electrons. The molecule has 0 amide bonds. The maximum atomic E-state index is 5.94. The zero-order valence-corrected chi connectivity index (χ0v) is 12.1. The molecule has 1 aromatic rings. The standard InChI is InChI=1S/C15H23ClN2/c1-3-15(12-6-8-13(16)9-7-12)17-14-5-4-10-18(2)11-14/h6-9,14-15,17H,3-5,10-11H2,1-2H3. The number of hydrogen-bond donors (Lipinski definition) is 1. The van der Waals surface area contributed by atoms with Gasteiger partial charge in [0.05, 0.1) is 0 Å². The Hall–Kier alpha value is -0.570. The van der Waals surface area contributed by atoms with E-state index in [2.05, 4.69) is 36.3 Å². The first-order valence-corrected chi connectivity index (χ1v) is 7.27. The Kier molecular flexibility index (Phi) is 5.04. The summed E-state index contributed by atoms with van der Waals surface area (Å²) in [6.07, 6.45) is 3.70. The monoisotopic (exact) mass is 266 g/mol. The number of likely N-dealkylation sites (tertiary alicyclic amines) is 1. The van der Waals surface area contributed by atoms with Gasteiger partial charge in [-0.05, 0) is 50.6 Å². The van der Waals surface area contributed by atoms with Gasteiger partial charge in [0.15, 0.2) is 0 Å². The molecule has 0 spiro atoms. The van der Waals surface area contributed by atoms with Gasteiger partial charge in [-0.3, -0.25) is 0 Å². The predicted octanol–water partition coefficient (Wildman–Crippen LogP) is 3.47. The highest BCUT2D eigenvalue weighted by Crippen LogP contribution is 2.21. The van der Waals surface area contributed by atoms with Crippen molar-refractivity contribution in [2.45, 2.75) is 38.3 Å². The van der Waals surface area contributed by atoms with Crippen LogP contribution in [0.5, 0.6) is 0 Å². The van der Waals surface area contributed by atoms with Crippen molar-refractivity contribution >= 4 is 11.6 Å². The fraction of sp³-hybridized carbons (Fsp3) is 0.600. The summed E-state index contributed by atoms with van der Waals surface area (Å²) in [5.74, 6) is 0. The summed E-state index contributed by atoms with van der Waals surface area (Å²) >= 11 is 5.94. The average molecular weight is 267 g/mol. The molecule has 0 radical (unpaired) electrons. The van der Waals surface area contributed by atoms with Crippen LogP contribution in [-0.2, 0) is 0 Å². The van der Waals surface area contributed by atoms with E-state index in [1.807, 2.05) is 12.1 Å². The SMILES string of the molecule is CCC(NC1CCCN(C)C1)c1ccc(Cl)cc1. The fourth-order valence-corrected chi connectivity index (χ4v) is 2.86. The third kappa shape index (κ3) is 3.71. The van der Waals surface area contributed by atoms with Crippen molar-refractivity contribution in [2.24, 2.45) is 0 Å². The van der Waals surface area contributed by atoms with Gasteiger partial charge in [-0.25, -0.2) is 0 Å². The lowest BCUT2D eigenvalue weighted by atomic mass is 10.0. The molecule has 3 heteroatoms. The minimum Gasteiger partial charge on any atom is -0.306 e. The van der Waals surface area contributed by atoms with Gasteiger partial charge in [-0.1, -0.05) is 30.7 Å². The lowest BCUT2D eigenvalue weighted by Crippen LogP contribution is -2.45. The fourth-order valence-electron chi connectivity index (χ4n) is 2.73. The molecule has 1 saturated heterocycles. The maximum absolute atomic E-state index is 5.94. The Bertz CT molecular complexity index is 363. The molecule has 1 fully saturated rings. The number of likely N-dealkylation sites (N-methyl/N-ethyl adjacent to an activating group) is 1. The molecule has 0 saturated carbocycles. The van der Waals surface area contributed by atoms with Crippen LogP contribution >= 0.6 is 11.6 Å². The summed E-state index contributed by atoms with van der Waals surface area (Å²) in [6.45, 7) is 4.62. The Morgan fingerprint density at radius 1 is 1.39 bits per heavy atom. The summed E-state index contributed by atoms with van der Waals surface area (Å²) in [7, 11) is 2.21. The Labute approximate surface area is 115 Å². The largest absolute Gasteiger partial charge is 0.306 e. The van der Waals surface area contributed by atoms with Crippen molar-refractivity contribution in [1.82, 2.24) is 10.2 Å². The highest BCUT2D eigenvalue weighted by atomic mass is 35.5. The lowest BCUT2D eigenvalue weighted by Gasteiger charge is -2.33. The third-order valence-electron chi connectivity index (χ3n) is 3.74. The Morgan fingerprint density at radius 3 is 2.72 bits per heavy atom. The highest BCUT2D eigenvalue weighted by Gasteiger charge is 2.20. The van der Waals surface area contributed by atoms with Gasteiger partial charge in [0.25, 0.3) is 0 Å². The van der Waals surface area contributed by atoms with E-state index in [4.69, 9.17) is 11.6 Å². The number of nitrogens with one attached hydrogen (secondary N) is 1. The molecule has 0 aromatic heterocycles. The Morgan fingerprint density at radius 2 is 2.11 bits per heavy atom. The first-order chi connectivity index (χ1) is 8.69. The van der Waals surface area contributed by atoms with Gasteiger partial charge < -0.3 is 10.2 Å². The predicted molar refractivity (Wildman–Crippen MR) is 78.1 cm³/mol. The second-order valence-corrected chi connectivity index (χ2v) is 5.72. The molecule has 1 aliphatic heterocycles. The summed E-state index contributed by atoms with van der Waals surface area (Å²) in [4.78, 5) is 2.41. The minimum atomic E-state index is 0.443. The second-order valence-electron chi connectivity index (χ2n) is 5.28. The number of nitrogens with zero attached hydrogens (tertiary/aromatic N) is 1. The van der Waals surface area contributed by atoms with E-state index in [1.165, 1.54) is 24.9 Å². The maximum Gasteiger partial charge on any atom is 0.0406 e. The topological polar surface area (TPSA) is 15.3 Å². The normalized spacial score (nSPS) is 22.9. The van der Waals surface area contributed by atoms with Crippen molar-refractivity contribution in [3.63, 3.8) is 0 Å².